The van der Waals surface area contributed by atoms with E-state index in [1.54, 1.807) is 19.1 Å². The van der Waals surface area contributed by atoms with Crippen molar-refractivity contribution in [1.29, 1.82) is 0 Å². The van der Waals surface area contributed by atoms with Gasteiger partial charge in [-0.3, -0.25) is 0 Å². The minimum absolute atomic E-state index is 0.0245. The molecule has 0 spiro atoms. The van der Waals surface area contributed by atoms with Crippen LogP contribution in [0.25, 0.3) is 11.3 Å². The Bertz CT molecular complexity index is 640. The van der Waals surface area contributed by atoms with Gasteiger partial charge in [0.25, 0.3) is 0 Å². The fraction of sp³-hybridized carbons (Fsp3) is 0.231. The molecule has 0 atom stereocenters. The number of aromatic carboxylic acids is 1. The lowest BCUT2D eigenvalue weighted by Gasteiger charge is -2.10. The van der Waals surface area contributed by atoms with Gasteiger partial charge in [-0.25, -0.2) is 4.79 Å². The van der Waals surface area contributed by atoms with E-state index in [0.29, 0.717) is 21.5 Å². The fourth-order valence-electron chi connectivity index (χ4n) is 1.83. The Hall–Kier alpha value is -2.02. The molecule has 106 valence electrons. The predicted molar refractivity (Wildman–Crippen MR) is 74.4 cm³/mol. The van der Waals surface area contributed by atoms with E-state index < -0.39 is 5.97 Å². The maximum absolute atomic E-state index is 11.3. The summed E-state index contributed by atoms with van der Waals surface area (Å²) in [6.45, 7) is 1.55. The van der Waals surface area contributed by atoms with Crippen molar-refractivity contribution in [1.82, 2.24) is 5.16 Å². The average Bonchev–Trinajstić information content (AvgIpc) is 2.81. The highest BCUT2D eigenvalue weighted by Gasteiger charge is 2.23. The van der Waals surface area contributed by atoms with E-state index in [9.17, 15) is 9.90 Å². The van der Waals surface area contributed by atoms with Crippen LogP contribution in [0.1, 0.15) is 16.1 Å². The molecule has 0 amide bonds. The van der Waals surface area contributed by atoms with E-state index in [2.05, 4.69) is 21.1 Å². The first kappa shape index (κ1) is 14.4. The molecule has 7 heteroatoms. The lowest BCUT2D eigenvalue weighted by Crippen LogP contribution is -2.00. The molecule has 2 aromatic rings. The minimum Gasteiger partial charge on any atom is -0.495 e. The number of hydrogen-bond acceptors (Lipinski definition) is 5. The molecule has 2 rings (SSSR count). The Morgan fingerprint density at radius 1 is 1.30 bits per heavy atom. The summed E-state index contributed by atoms with van der Waals surface area (Å²) < 4.78 is 16.1. The van der Waals surface area contributed by atoms with E-state index in [1.807, 2.05) is 0 Å². The van der Waals surface area contributed by atoms with Crippen LogP contribution in [-0.4, -0.2) is 30.5 Å². The number of benzene rings is 1. The van der Waals surface area contributed by atoms with Crippen LogP contribution in [0.5, 0.6) is 11.5 Å². The molecule has 1 aromatic carbocycles. The highest BCUT2D eigenvalue weighted by Crippen LogP contribution is 2.39. The number of rotatable bonds is 4. The smallest absolute Gasteiger partial charge is 0.341 e. The first-order chi connectivity index (χ1) is 9.49. The second-order valence-electron chi connectivity index (χ2n) is 3.96. The van der Waals surface area contributed by atoms with Gasteiger partial charge in [-0.15, -0.1) is 0 Å². The van der Waals surface area contributed by atoms with Crippen LogP contribution < -0.4 is 9.47 Å². The summed E-state index contributed by atoms with van der Waals surface area (Å²) in [6, 6.07) is 3.33. The van der Waals surface area contributed by atoms with Crippen molar-refractivity contribution >= 4 is 21.9 Å². The number of hydrogen-bond donors (Lipinski definition) is 1. The standard InChI is InChI=1S/C13H12BrNO5/c1-6-10(13(16)17)12(15-20-6)7-4-8(18-2)11(14)9(5-7)19-3/h4-5H,1-3H3,(H,16,17). The zero-order chi connectivity index (χ0) is 14.9. The monoisotopic (exact) mass is 341 g/mol. The highest BCUT2D eigenvalue weighted by atomic mass is 79.9. The van der Waals surface area contributed by atoms with Gasteiger partial charge in [0.05, 0.1) is 14.2 Å². The van der Waals surface area contributed by atoms with Gasteiger partial charge < -0.3 is 19.1 Å². The molecule has 1 aromatic heterocycles. The maximum atomic E-state index is 11.3. The molecule has 20 heavy (non-hydrogen) atoms. The van der Waals surface area contributed by atoms with Gasteiger partial charge in [0.1, 0.15) is 33.0 Å². The summed E-state index contributed by atoms with van der Waals surface area (Å²) in [5, 5.41) is 13.0. The largest absolute Gasteiger partial charge is 0.495 e. The molecule has 0 fully saturated rings. The Balaban J connectivity index is 2.67. The Kier molecular flexibility index (Phi) is 3.99. The quantitative estimate of drug-likeness (QED) is 0.919. The van der Waals surface area contributed by atoms with Crippen LogP contribution in [0, 0.1) is 6.92 Å². The van der Waals surface area contributed by atoms with Crippen molar-refractivity contribution in [3.63, 3.8) is 0 Å². The number of carboxylic acids is 1. The van der Waals surface area contributed by atoms with Gasteiger partial charge in [0.15, 0.2) is 0 Å². The second kappa shape index (κ2) is 5.54. The molecule has 0 saturated carbocycles. The average molecular weight is 342 g/mol. The van der Waals surface area contributed by atoms with Gasteiger partial charge in [-0.05, 0) is 35.0 Å². The van der Waals surface area contributed by atoms with Crippen molar-refractivity contribution in [2.75, 3.05) is 14.2 Å². The van der Waals surface area contributed by atoms with Crippen LogP contribution >= 0.6 is 15.9 Å². The van der Waals surface area contributed by atoms with Crippen molar-refractivity contribution in [2.24, 2.45) is 0 Å². The molecule has 1 N–H and O–H groups in total. The summed E-state index contributed by atoms with van der Waals surface area (Å²) >= 11 is 3.35. The van der Waals surface area contributed by atoms with Crippen molar-refractivity contribution in [2.45, 2.75) is 6.92 Å². The van der Waals surface area contributed by atoms with Gasteiger partial charge in [0, 0.05) is 5.56 Å². The molecule has 0 unspecified atom stereocenters. The number of halogens is 1. The zero-order valence-corrected chi connectivity index (χ0v) is 12.6. The third-order valence-corrected chi connectivity index (χ3v) is 3.58. The van der Waals surface area contributed by atoms with E-state index in [-0.39, 0.29) is 17.0 Å². The maximum Gasteiger partial charge on any atom is 0.341 e. The highest BCUT2D eigenvalue weighted by molar-refractivity contribution is 9.10. The number of aromatic nitrogens is 1. The normalized spacial score (nSPS) is 10.4. The fourth-order valence-corrected chi connectivity index (χ4v) is 2.38. The Morgan fingerprint density at radius 3 is 2.30 bits per heavy atom. The molecule has 0 saturated heterocycles. The molecule has 6 nitrogen and oxygen atoms in total. The lowest BCUT2D eigenvalue weighted by molar-refractivity contribution is 0.0695. The summed E-state index contributed by atoms with van der Waals surface area (Å²) in [4.78, 5) is 11.3. The van der Waals surface area contributed by atoms with E-state index >= 15 is 0 Å². The van der Waals surface area contributed by atoms with Crippen LogP contribution in [0.3, 0.4) is 0 Å². The van der Waals surface area contributed by atoms with Crippen molar-refractivity contribution in [3.8, 4) is 22.8 Å². The van der Waals surface area contributed by atoms with E-state index in [4.69, 9.17) is 14.0 Å². The van der Waals surface area contributed by atoms with E-state index in [0.717, 1.165) is 0 Å². The van der Waals surface area contributed by atoms with Crippen molar-refractivity contribution in [3.05, 3.63) is 27.9 Å². The first-order valence-corrected chi connectivity index (χ1v) is 6.40. The number of carbonyl (C=O) groups is 1. The van der Waals surface area contributed by atoms with E-state index in [1.165, 1.54) is 14.2 Å². The summed E-state index contributed by atoms with van der Waals surface area (Å²) in [5.74, 6) is 0.167. The molecule has 0 radical (unpaired) electrons. The zero-order valence-electron chi connectivity index (χ0n) is 11.1. The number of aryl methyl sites for hydroxylation is 1. The van der Waals surface area contributed by atoms with Gasteiger partial charge >= 0.3 is 5.97 Å². The topological polar surface area (TPSA) is 81.8 Å². The molecular weight excluding hydrogens is 330 g/mol. The number of carboxylic acid groups (broad SMARTS) is 1. The molecule has 0 bridgehead atoms. The molecule has 1 heterocycles. The third kappa shape index (κ3) is 2.36. The lowest BCUT2D eigenvalue weighted by atomic mass is 10.1. The third-order valence-electron chi connectivity index (χ3n) is 2.80. The second-order valence-corrected chi connectivity index (χ2v) is 4.76. The van der Waals surface area contributed by atoms with Crippen LogP contribution in [-0.2, 0) is 0 Å². The molecule has 0 aliphatic carbocycles. The summed E-state index contributed by atoms with van der Waals surface area (Å²) in [7, 11) is 3.02. The Morgan fingerprint density at radius 2 is 1.85 bits per heavy atom. The van der Waals surface area contributed by atoms with Gasteiger partial charge in [-0.2, -0.15) is 0 Å². The summed E-state index contributed by atoms with van der Waals surface area (Å²) in [5.41, 5.74) is 0.798. The van der Waals surface area contributed by atoms with Crippen LogP contribution in [0.2, 0.25) is 0 Å². The minimum atomic E-state index is -1.10. The van der Waals surface area contributed by atoms with Crippen molar-refractivity contribution < 1.29 is 23.9 Å². The Labute approximate surface area is 123 Å². The molecule has 0 aliphatic rings. The van der Waals surface area contributed by atoms with Gasteiger partial charge in [-0.1, -0.05) is 5.16 Å². The number of methoxy groups -OCH3 is 2. The number of nitrogens with zero attached hydrogens (tertiary/aromatic N) is 1. The number of ether oxygens (including phenoxy) is 2. The van der Waals surface area contributed by atoms with Crippen LogP contribution in [0.15, 0.2) is 21.1 Å². The predicted octanol–water partition coefficient (Wildman–Crippen LogP) is 3.13. The molecule has 0 aliphatic heterocycles. The van der Waals surface area contributed by atoms with Crippen LogP contribution in [0.4, 0.5) is 0 Å². The SMILES string of the molecule is COc1cc(-c2noc(C)c2C(=O)O)cc(OC)c1Br. The first-order valence-electron chi connectivity index (χ1n) is 5.61. The molecular formula is C13H12BrNO5. The van der Waals surface area contributed by atoms with Gasteiger partial charge in [0.2, 0.25) is 0 Å². The summed E-state index contributed by atoms with van der Waals surface area (Å²) in [6.07, 6.45) is 0.